The summed E-state index contributed by atoms with van der Waals surface area (Å²) in [5.74, 6) is -0.175. The van der Waals surface area contributed by atoms with Crippen LogP contribution in [0.5, 0.6) is 0 Å². The number of nitrogens with two attached hydrogens (primary N) is 2. The summed E-state index contributed by atoms with van der Waals surface area (Å²) in [4.78, 5) is 0. The molecule has 0 aromatic heterocycles. The molecule has 0 fully saturated rings. The Morgan fingerprint density at radius 1 is 1.44 bits per heavy atom. The van der Waals surface area contributed by atoms with Gasteiger partial charge in [0.15, 0.2) is 0 Å². The second-order valence-corrected chi connectivity index (χ2v) is 3.11. The lowest BCUT2D eigenvalue weighted by Gasteiger charge is -2.01. The van der Waals surface area contributed by atoms with Gasteiger partial charge in [-0.2, -0.15) is 10.5 Å². The molecule has 6 nitrogen and oxygen atoms in total. The third kappa shape index (κ3) is 1.89. The van der Waals surface area contributed by atoms with E-state index in [-0.39, 0.29) is 23.1 Å². The number of quaternary nitrogens is 1. The van der Waals surface area contributed by atoms with Gasteiger partial charge < -0.3 is 5.73 Å². The highest BCUT2D eigenvalue weighted by atomic mass is 19.1. The molecule has 0 amide bonds. The Labute approximate surface area is 90.5 Å². The second-order valence-electron chi connectivity index (χ2n) is 3.11. The van der Waals surface area contributed by atoms with Gasteiger partial charge in [-0.25, -0.2) is 9.80 Å². The quantitative estimate of drug-likeness (QED) is 0.396. The van der Waals surface area contributed by atoms with Crippen LogP contribution in [0, 0.1) is 11.2 Å². The Morgan fingerprint density at radius 3 is 2.81 bits per heavy atom. The zero-order valence-electron chi connectivity index (χ0n) is 8.24. The summed E-state index contributed by atoms with van der Waals surface area (Å²) in [7, 11) is 0. The van der Waals surface area contributed by atoms with E-state index in [2.05, 4.69) is 15.6 Å². The van der Waals surface area contributed by atoms with Crippen molar-refractivity contribution >= 4 is 23.1 Å². The highest BCUT2D eigenvalue weighted by molar-refractivity contribution is 6.66. The smallest absolute Gasteiger partial charge is 0.275 e. The number of hydrogen-bond acceptors (Lipinski definition) is 5. The van der Waals surface area contributed by atoms with E-state index in [0.29, 0.717) is 0 Å². The van der Waals surface area contributed by atoms with E-state index in [1.807, 2.05) is 0 Å². The molecule has 1 heterocycles. The van der Waals surface area contributed by atoms with Gasteiger partial charge >= 0.3 is 0 Å². The van der Waals surface area contributed by atoms with Crippen molar-refractivity contribution in [3.63, 3.8) is 0 Å². The van der Waals surface area contributed by atoms with Crippen LogP contribution in [0.3, 0.4) is 0 Å². The van der Waals surface area contributed by atoms with Crippen LogP contribution in [-0.2, 0) is 0 Å². The van der Waals surface area contributed by atoms with Crippen molar-refractivity contribution in [3.8, 4) is 0 Å². The number of hydrazone groups is 1. The van der Waals surface area contributed by atoms with Crippen LogP contribution in [0.25, 0.3) is 0 Å². The number of para-hydroxylation sites is 1. The number of nitrogens with one attached hydrogen (secondary N) is 2. The van der Waals surface area contributed by atoms with Crippen molar-refractivity contribution in [3.05, 3.63) is 30.1 Å². The standard InChI is InChI=1S/C9H9FN6/c10-5-3-1-2-4-6(5)13-14-7-8(11)15-16-9(7)12/h1-4,13H,(H4,11,12,14,15,16)/p+1. The van der Waals surface area contributed by atoms with Gasteiger partial charge in [-0.1, -0.05) is 17.2 Å². The molecular formula is C9H10FN6+. The summed E-state index contributed by atoms with van der Waals surface area (Å²) in [5.41, 5.74) is 9.72. The molecule has 0 radical (unpaired) electrons. The van der Waals surface area contributed by atoms with Crippen LogP contribution < -0.4 is 16.6 Å². The lowest BCUT2D eigenvalue weighted by molar-refractivity contribution is -0.540. The predicted octanol–water partition coefficient (Wildman–Crippen LogP) is -0.580. The molecule has 0 saturated carbocycles. The van der Waals surface area contributed by atoms with Crippen LogP contribution >= 0.6 is 0 Å². The van der Waals surface area contributed by atoms with Gasteiger partial charge in [-0.3, -0.25) is 5.43 Å². The first-order valence-corrected chi connectivity index (χ1v) is 4.52. The first-order chi connectivity index (χ1) is 7.68. The minimum Gasteiger partial charge on any atom is -0.377 e. The van der Waals surface area contributed by atoms with Crippen molar-refractivity contribution in [1.82, 2.24) is 0 Å². The maximum Gasteiger partial charge on any atom is 0.275 e. The summed E-state index contributed by atoms with van der Waals surface area (Å²) >= 11 is 0. The van der Waals surface area contributed by atoms with Crippen LogP contribution in [0.4, 0.5) is 10.1 Å². The zero-order valence-corrected chi connectivity index (χ0v) is 8.24. The average Bonchev–Trinajstić information content (AvgIpc) is 2.58. The Balaban J connectivity index is 2.18. The minimum atomic E-state index is -0.420. The van der Waals surface area contributed by atoms with E-state index < -0.39 is 5.82 Å². The van der Waals surface area contributed by atoms with Gasteiger partial charge in [0.1, 0.15) is 5.82 Å². The molecular weight excluding hydrogens is 211 g/mol. The lowest BCUT2D eigenvalue weighted by Crippen LogP contribution is -2.80. The van der Waals surface area contributed by atoms with E-state index in [9.17, 15) is 4.39 Å². The molecule has 1 aromatic rings. The van der Waals surface area contributed by atoms with Crippen molar-refractivity contribution in [2.75, 3.05) is 5.43 Å². The van der Waals surface area contributed by atoms with Crippen molar-refractivity contribution in [2.45, 2.75) is 0 Å². The number of hydrogen-bond donors (Lipinski definition) is 4. The largest absolute Gasteiger partial charge is 0.377 e. The van der Waals surface area contributed by atoms with Gasteiger partial charge in [0, 0.05) is 0 Å². The third-order valence-corrected chi connectivity index (χ3v) is 1.99. The summed E-state index contributed by atoms with van der Waals surface area (Å²) in [5, 5.41) is 15.0. The fourth-order valence-electron chi connectivity index (χ4n) is 1.18. The first kappa shape index (κ1) is 10.2. The van der Waals surface area contributed by atoms with Crippen molar-refractivity contribution < 1.29 is 9.82 Å². The van der Waals surface area contributed by atoms with Gasteiger partial charge in [0.2, 0.25) is 11.5 Å². The average molecular weight is 221 g/mol. The molecule has 0 unspecified atom stereocenters. The number of halogens is 1. The normalized spacial score (nSPS) is 17.7. The fraction of sp³-hybridized carbons (Fsp3) is 0. The number of nitrogens with zero attached hydrogens (tertiary/aromatic N) is 2. The van der Waals surface area contributed by atoms with E-state index in [1.165, 1.54) is 17.6 Å². The first-order valence-electron chi connectivity index (χ1n) is 4.52. The highest BCUT2D eigenvalue weighted by Gasteiger charge is 2.24. The summed E-state index contributed by atoms with van der Waals surface area (Å²) in [6.45, 7) is 0. The molecule has 7 heteroatoms. The number of rotatable bonds is 2. The fourth-order valence-corrected chi connectivity index (χ4v) is 1.18. The predicted molar refractivity (Wildman–Crippen MR) is 58.7 cm³/mol. The molecule has 0 aliphatic carbocycles. The Morgan fingerprint density at radius 2 is 2.19 bits per heavy atom. The molecule has 0 bridgehead atoms. The highest BCUT2D eigenvalue weighted by Crippen LogP contribution is 2.11. The number of amidine groups is 2. The van der Waals surface area contributed by atoms with Gasteiger partial charge in [-0.15, -0.1) is 0 Å². The second kappa shape index (κ2) is 4.07. The van der Waals surface area contributed by atoms with Crippen LogP contribution in [0.2, 0.25) is 0 Å². The number of benzene rings is 1. The minimum absolute atomic E-state index is 0.0985. The molecule has 0 spiro atoms. The summed E-state index contributed by atoms with van der Waals surface area (Å²) in [6, 6.07) is 6.10. The molecule has 1 aromatic carbocycles. The maximum absolute atomic E-state index is 13.2. The SMILES string of the molecule is N=C1[NH2+]N=C(N)/C1=N/Nc1ccccc1F. The van der Waals surface area contributed by atoms with Crippen molar-refractivity contribution in [2.24, 2.45) is 15.9 Å². The van der Waals surface area contributed by atoms with E-state index >= 15 is 0 Å². The van der Waals surface area contributed by atoms with Crippen LogP contribution in [-0.4, -0.2) is 17.4 Å². The molecule has 6 N–H and O–H groups in total. The third-order valence-electron chi connectivity index (χ3n) is 1.99. The molecule has 0 atom stereocenters. The van der Waals surface area contributed by atoms with E-state index in [0.717, 1.165) is 0 Å². The van der Waals surface area contributed by atoms with Gasteiger partial charge in [0.05, 0.1) is 5.69 Å². The zero-order chi connectivity index (χ0) is 11.5. The summed E-state index contributed by atoms with van der Waals surface area (Å²) < 4.78 is 13.2. The molecule has 0 saturated heterocycles. The van der Waals surface area contributed by atoms with Crippen LogP contribution in [0.1, 0.15) is 0 Å². The molecule has 1 aliphatic heterocycles. The van der Waals surface area contributed by atoms with E-state index in [1.54, 1.807) is 12.1 Å². The van der Waals surface area contributed by atoms with Crippen LogP contribution in [0.15, 0.2) is 34.5 Å². The molecule has 2 rings (SSSR count). The monoisotopic (exact) mass is 221 g/mol. The lowest BCUT2D eigenvalue weighted by atomic mass is 10.3. The van der Waals surface area contributed by atoms with Gasteiger partial charge in [0.25, 0.3) is 5.84 Å². The Bertz CT molecular complexity index is 493. The topological polar surface area (TPSA) is 103 Å². The Kier molecular flexibility index (Phi) is 2.61. The summed E-state index contributed by atoms with van der Waals surface area (Å²) in [6.07, 6.45) is 0. The van der Waals surface area contributed by atoms with Gasteiger partial charge in [-0.05, 0) is 12.1 Å². The Hall–Kier alpha value is -2.28. The molecule has 16 heavy (non-hydrogen) atoms. The number of anilines is 1. The molecule has 82 valence electrons. The van der Waals surface area contributed by atoms with Crippen molar-refractivity contribution in [1.29, 1.82) is 5.41 Å². The maximum atomic E-state index is 13.2. The van der Waals surface area contributed by atoms with E-state index in [4.69, 9.17) is 11.1 Å². The molecule has 1 aliphatic rings.